The first kappa shape index (κ1) is 24.5. The molecule has 1 amide bonds. The van der Waals surface area contributed by atoms with E-state index in [9.17, 15) is 9.59 Å². The van der Waals surface area contributed by atoms with Crippen LogP contribution in [0.1, 0.15) is 56.3 Å². The Balaban J connectivity index is 1.20. The van der Waals surface area contributed by atoms with Crippen LogP contribution in [0.2, 0.25) is 0 Å². The zero-order valence-corrected chi connectivity index (χ0v) is 21.6. The number of aromatic nitrogens is 4. The Morgan fingerprint density at radius 1 is 1.22 bits per heavy atom. The molecule has 10 heteroatoms. The first-order valence-electron chi connectivity index (χ1n) is 12.7. The van der Waals surface area contributed by atoms with Crippen molar-refractivity contribution in [1.82, 2.24) is 24.9 Å². The van der Waals surface area contributed by atoms with Gasteiger partial charge in [-0.2, -0.15) is 0 Å². The van der Waals surface area contributed by atoms with Crippen LogP contribution in [-0.4, -0.2) is 64.2 Å². The molecule has 0 unspecified atom stereocenters. The number of carbonyl (C=O) groups excluding carboxylic acids is 2. The predicted molar refractivity (Wildman–Crippen MR) is 130 cm³/mol. The third-order valence-corrected chi connectivity index (χ3v) is 8.34. The monoisotopic (exact) mass is 497 g/mol. The average Bonchev–Trinajstić information content (AvgIpc) is 3.50. The molecular weight excluding hydrogens is 462 g/mol. The summed E-state index contributed by atoms with van der Waals surface area (Å²) in [5.74, 6) is 1.20. The minimum Gasteiger partial charge on any atom is -0.491 e. The number of ether oxygens (including phenoxy) is 3. The third kappa shape index (κ3) is 4.41. The smallest absolute Gasteiger partial charge is 0.409 e. The highest BCUT2D eigenvalue weighted by molar-refractivity contribution is 5.79. The number of hydrogen-bond acceptors (Lipinski definition) is 8. The van der Waals surface area contributed by atoms with Gasteiger partial charge in [-0.1, -0.05) is 11.6 Å². The lowest BCUT2D eigenvalue weighted by Gasteiger charge is -2.44. The molecule has 4 aliphatic carbocycles. The molecule has 0 radical (unpaired) electrons. The molecule has 2 aromatic heterocycles. The predicted octanol–water partition coefficient (Wildman–Crippen LogP) is 3.67. The van der Waals surface area contributed by atoms with Crippen molar-refractivity contribution >= 4 is 12.1 Å². The van der Waals surface area contributed by atoms with Crippen molar-refractivity contribution < 1.29 is 23.8 Å². The van der Waals surface area contributed by atoms with Crippen LogP contribution in [0.15, 0.2) is 12.1 Å². The fraction of sp³-hybridized carbons (Fsp3) is 0.654. The van der Waals surface area contributed by atoms with Gasteiger partial charge in [0.05, 0.1) is 30.5 Å². The highest BCUT2D eigenvalue weighted by Crippen LogP contribution is 2.67. The summed E-state index contributed by atoms with van der Waals surface area (Å²) in [6.07, 6.45) is 6.75. The van der Waals surface area contributed by atoms with Gasteiger partial charge in [0.2, 0.25) is 0 Å². The van der Waals surface area contributed by atoms with Crippen molar-refractivity contribution in [2.24, 2.45) is 23.8 Å². The van der Waals surface area contributed by atoms with Crippen molar-refractivity contribution in [2.45, 2.75) is 58.5 Å². The molecule has 0 spiro atoms. The number of esters is 1. The SMILES string of the molecule is COC(=O)C12CCC(COc3ccc(-c4nnn(C)c4COC(=O)N(C)CC4CCC4)nc3C)(C1)C2. The fourth-order valence-electron chi connectivity index (χ4n) is 6.06. The Labute approximate surface area is 211 Å². The first-order valence-corrected chi connectivity index (χ1v) is 12.7. The Hall–Kier alpha value is -3.17. The molecule has 2 bridgehead atoms. The van der Waals surface area contributed by atoms with Gasteiger partial charge in [0.1, 0.15) is 23.7 Å². The summed E-state index contributed by atoms with van der Waals surface area (Å²) in [7, 11) is 5.01. The van der Waals surface area contributed by atoms with Gasteiger partial charge < -0.3 is 19.1 Å². The number of rotatable bonds is 9. The molecule has 0 aromatic carbocycles. The van der Waals surface area contributed by atoms with E-state index in [1.807, 2.05) is 19.1 Å². The molecule has 0 N–H and O–H groups in total. The summed E-state index contributed by atoms with van der Waals surface area (Å²) in [5.41, 5.74) is 2.40. The van der Waals surface area contributed by atoms with Gasteiger partial charge in [-0.05, 0) is 63.5 Å². The molecular formula is C26H35N5O5. The van der Waals surface area contributed by atoms with E-state index in [4.69, 9.17) is 19.2 Å². The Kier molecular flexibility index (Phi) is 6.38. The Morgan fingerprint density at radius 2 is 2.00 bits per heavy atom. The standard InChI is InChI=1S/C26H35N5O5/c1-17-21(36-16-25-10-11-26(14-25,15-25)23(32)34-4)9-8-19(27-17)22-20(31(3)29-28-22)13-35-24(33)30(2)12-18-6-5-7-18/h8-9,18H,5-7,10-16H2,1-4H3. The van der Waals surface area contributed by atoms with E-state index in [1.54, 1.807) is 23.7 Å². The summed E-state index contributed by atoms with van der Waals surface area (Å²) in [4.78, 5) is 30.9. The summed E-state index contributed by atoms with van der Waals surface area (Å²) in [5, 5.41) is 8.39. The van der Waals surface area contributed by atoms with Crippen LogP contribution in [0.3, 0.4) is 0 Å². The maximum atomic E-state index is 12.5. The minimum absolute atomic E-state index is 0.0487. The van der Waals surface area contributed by atoms with E-state index in [2.05, 4.69) is 10.3 Å². The molecule has 6 rings (SSSR count). The van der Waals surface area contributed by atoms with Crippen molar-refractivity contribution in [3.8, 4) is 17.1 Å². The van der Waals surface area contributed by atoms with Crippen LogP contribution in [-0.2, 0) is 27.9 Å². The van der Waals surface area contributed by atoms with Gasteiger partial charge in [-0.3, -0.25) is 4.79 Å². The second-order valence-electron chi connectivity index (χ2n) is 10.9. The third-order valence-electron chi connectivity index (χ3n) is 8.34. The van der Waals surface area contributed by atoms with Crippen molar-refractivity contribution in [3.63, 3.8) is 0 Å². The molecule has 0 saturated heterocycles. The van der Waals surface area contributed by atoms with Crippen LogP contribution in [0.4, 0.5) is 4.79 Å². The number of aryl methyl sites for hydroxylation is 2. The molecule has 2 heterocycles. The molecule has 4 saturated carbocycles. The topological polar surface area (TPSA) is 109 Å². The van der Waals surface area contributed by atoms with E-state index >= 15 is 0 Å². The van der Waals surface area contributed by atoms with Gasteiger partial charge in [-0.15, -0.1) is 5.10 Å². The highest BCUT2D eigenvalue weighted by atomic mass is 16.6. The quantitative estimate of drug-likeness (QED) is 0.483. The zero-order chi connectivity index (χ0) is 25.5. The van der Waals surface area contributed by atoms with E-state index in [1.165, 1.54) is 26.4 Å². The number of pyridine rings is 1. The molecule has 2 aromatic rings. The lowest BCUT2D eigenvalue weighted by molar-refractivity contribution is -0.161. The maximum Gasteiger partial charge on any atom is 0.409 e. The van der Waals surface area contributed by atoms with Crippen molar-refractivity contribution in [2.75, 3.05) is 27.3 Å². The number of amides is 1. The lowest BCUT2D eigenvalue weighted by Crippen LogP contribution is -2.46. The van der Waals surface area contributed by atoms with E-state index in [0.717, 1.165) is 37.9 Å². The van der Waals surface area contributed by atoms with Crippen LogP contribution < -0.4 is 4.74 Å². The fourth-order valence-corrected chi connectivity index (χ4v) is 6.06. The van der Waals surface area contributed by atoms with E-state index < -0.39 is 0 Å². The van der Waals surface area contributed by atoms with Crippen LogP contribution in [0.25, 0.3) is 11.4 Å². The minimum atomic E-state index is -0.347. The second-order valence-corrected chi connectivity index (χ2v) is 10.9. The van der Waals surface area contributed by atoms with Gasteiger partial charge >= 0.3 is 12.1 Å². The summed E-state index contributed by atoms with van der Waals surface area (Å²) < 4.78 is 18.3. The number of nitrogens with zero attached hydrogens (tertiary/aromatic N) is 5. The van der Waals surface area contributed by atoms with E-state index in [0.29, 0.717) is 35.4 Å². The molecule has 0 aliphatic heterocycles. The van der Waals surface area contributed by atoms with Gasteiger partial charge in [0, 0.05) is 26.1 Å². The van der Waals surface area contributed by atoms with Crippen LogP contribution in [0, 0.1) is 23.7 Å². The van der Waals surface area contributed by atoms with Crippen LogP contribution in [0.5, 0.6) is 5.75 Å². The highest BCUT2D eigenvalue weighted by Gasteiger charge is 2.65. The van der Waals surface area contributed by atoms with Gasteiger partial charge in [0.15, 0.2) is 0 Å². The average molecular weight is 498 g/mol. The molecule has 0 atom stereocenters. The zero-order valence-electron chi connectivity index (χ0n) is 21.6. The number of carbonyl (C=O) groups is 2. The first-order chi connectivity index (χ1) is 17.2. The van der Waals surface area contributed by atoms with Gasteiger partial charge in [-0.25, -0.2) is 14.5 Å². The number of fused-ring (bicyclic) bond motifs is 1. The molecule has 194 valence electrons. The van der Waals surface area contributed by atoms with Crippen molar-refractivity contribution in [1.29, 1.82) is 0 Å². The summed E-state index contributed by atoms with van der Waals surface area (Å²) in [6, 6.07) is 3.75. The molecule has 4 fully saturated rings. The van der Waals surface area contributed by atoms with E-state index in [-0.39, 0.29) is 29.5 Å². The van der Waals surface area contributed by atoms with Crippen LogP contribution >= 0.6 is 0 Å². The maximum absolute atomic E-state index is 12.5. The Morgan fingerprint density at radius 3 is 2.67 bits per heavy atom. The molecule has 4 aliphatic rings. The largest absolute Gasteiger partial charge is 0.491 e. The Bertz CT molecular complexity index is 1150. The number of hydrogen-bond donors (Lipinski definition) is 0. The second kappa shape index (κ2) is 9.37. The summed E-state index contributed by atoms with van der Waals surface area (Å²) in [6.45, 7) is 3.25. The molecule has 36 heavy (non-hydrogen) atoms. The van der Waals surface area contributed by atoms with Gasteiger partial charge in [0.25, 0.3) is 0 Å². The number of methoxy groups -OCH3 is 1. The normalized spacial score (nSPS) is 24.6. The lowest BCUT2D eigenvalue weighted by atomic mass is 9.60. The van der Waals surface area contributed by atoms with Crippen molar-refractivity contribution in [3.05, 3.63) is 23.5 Å². The summed E-state index contributed by atoms with van der Waals surface area (Å²) >= 11 is 0. The molecule has 10 nitrogen and oxygen atoms in total.